The van der Waals surface area contributed by atoms with Gasteiger partial charge in [-0.2, -0.15) is 4.31 Å². The summed E-state index contributed by atoms with van der Waals surface area (Å²) < 4.78 is 49.1. The lowest BCUT2D eigenvalue weighted by atomic mass is 9.98. The molecule has 27 heavy (non-hydrogen) atoms. The van der Waals surface area contributed by atoms with E-state index in [9.17, 15) is 22.4 Å². The maximum Gasteiger partial charge on any atom is 0.309 e. The van der Waals surface area contributed by atoms with Crippen molar-refractivity contribution in [3.8, 4) is 0 Å². The van der Waals surface area contributed by atoms with Crippen LogP contribution in [0.5, 0.6) is 0 Å². The first-order chi connectivity index (χ1) is 12.8. The van der Waals surface area contributed by atoms with Crippen LogP contribution in [0.2, 0.25) is 0 Å². The molecule has 0 atom stereocenters. The van der Waals surface area contributed by atoms with Crippen molar-refractivity contribution < 1.29 is 31.9 Å². The van der Waals surface area contributed by atoms with Gasteiger partial charge in [0, 0.05) is 26.7 Å². The topological polar surface area (TPSA) is 102 Å². The number of halogens is 1. The van der Waals surface area contributed by atoms with Crippen LogP contribution in [0.4, 0.5) is 4.39 Å². The molecular weight excluding hydrogens is 379 g/mol. The van der Waals surface area contributed by atoms with Gasteiger partial charge in [0.25, 0.3) is 5.91 Å². The third-order valence-corrected chi connectivity index (χ3v) is 6.13. The summed E-state index contributed by atoms with van der Waals surface area (Å²) in [5.74, 6) is -1.91. The molecule has 1 aromatic rings. The number of benzene rings is 1. The van der Waals surface area contributed by atoms with Crippen LogP contribution in [-0.4, -0.2) is 64.6 Å². The Morgan fingerprint density at radius 2 is 1.85 bits per heavy atom. The Morgan fingerprint density at radius 3 is 2.44 bits per heavy atom. The third-order valence-electron chi connectivity index (χ3n) is 4.21. The minimum absolute atomic E-state index is 0.0117. The zero-order valence-electron chi connectivity index (χ0n) is 15.0. The van der Waals surface area contributed by atoms with Gasteiger partial charge in [0.1, 0.15) is 5.82 Å². The molecule has 150 valence electrons. The maximum atomic E-state index is 13.0. The van der Waals surface area contributed by atoms with Gasteiger partial charge in [-0.15, -0.1) is 0 Å². The van der Waals surface area contributed by atoms with E-state index in [1.54, 1.807) is 0 Å². The van der Waals surface area contributed by atoms with Crippen LogP contribution in [-0.2, 0) is 29.1 Å². The Kier molecular flexibility index (Phi) is 7.69. The second-order valence-corrected chi connectivity index (χ2v) is 8.02. The number of methoxy groups -OCH3 is 1. The summed E-state index contributed by atoms with van der Waals surface area (Å²) >= 11 is 0. The van der Waals surface area contributed by atoms with Crippen molar-refractivity contribution in [2.24, 2.45) is 5.92 Å². The van der Waals surface area contributed by atoms with Crippen LogP contribution >= 0.6 is 0 Å². The quantitative estimate of drug-likeness (QED) is 0.503. The maximum absolute atomic E-state index is 13.0. The normalized spacial score (nSPS) is 16.1. The molecule has 0 spiro atoms. The van der Waals surface area contributed by atoms with E-state index in [4.69, 9.17) is 9.47 Å². The Bertz CT molecular complexity index is 745. The number of carbonyl (C=O) groups is 2. The SMILES string of the molecule is COCCNC(=O)COC(=O)C1CCN(S(=O)(=O)c2ccc(F)cc2)CC1. The van der Waals surface area contributed by atoms with Gasteiger partial charge in [-0.1, -0.05) is 0 Å². The Labute approximate surface area is 157 Å². The summed E-state index contributed by atoms with van der Waals surface area (Å²) in [4.78, 5) is 23.6. The second-order valence-electron chi connectivity index (χ2n) is 6.08. The van der Waals surface area contributed by atoms with Crippen molar-refractivity contribution >= 4 is 21.9 Å². The van der Waals surface area contributed by atoms with Crippen molar-refractivity contribution in [1.29, 1.82) is 0 Å². The predicted octanol–water partition coefficient (Wildman–Crippen LogP) is 0.532. The summed E-state index contributed by atoms with van der Waals surface area (Å²) in [5.41, 5.74) is 0. The van der Waals surface area contributed by atoms with Crippen molar-refractivity contribution in [2.75, 3.05) is 40.0 Å². The van der Waals surface area contributed by atoms with Crippen molar-refractivity contribution in [2.45, 2.75) is 17.7 Å². The molecular formula is C17H23FN2O6S. The molecule has 10 heteroatoms. The summed E-state index contributed by atoms with van der Waals surface area (Å²) in [6, 6.07) is 4.61. The molecule has 0 bridgehead atoms. The molecule has 0 unspecified atom stereocenters. The molecule has 1 aromatic carbocycles. The van der Waals surface area contributed by atoms with E-state index in [0.29, 0.717) is 26.0 Å². The first-order valence-corrected chi connectivity index (χ1v) is 9.96. The molecule has 2 rings (SSSR count). The highest BCUT2D eigenvalue weighted by Crippen LogP contribution is 2.24. The number of hydrogen-bond acceptors (Lipinski definition) is 6. The lowest BCUT2D eigenvalue weighted by Crippen LogP contribution is -2.41. The number of ether oxygens (including phenoxy) is 2. The van der Waals surface area contributed by atoms with Crippen LogP contribution in [0.25, 0.3) is 0 Å². The molecule has 1 N–H and O–H groups in total. The Hall–Kier alpha value is -2.04. The van der Waals surface area contributed by atoms with Gasteiger partial charge in [-0.25, -0.2) is 12.8 Å². The van der Waals surface area contributed by atoms with E-state index in [1.807, 2.05) is 0 Å². The minimum Gasteiger partial charge on any atom is -0.455 e. The average Bonchev–Trinajstić information content (AvgIpc) is 2.67. The third kappa shape index (κ3) is 5.98. The highest BCUT2D eigenvalue weighted by molar-refractivity contribution is 7.89. The largest absolute Gasteiger partial charge is 0.455 e. The van der Waals surface area contributed by atoms with Crippen LogP contribution in [0.15, 0.2) is 29.2 Å². The monoisotopic (exact) mass is 402 g/mol. The van der Waals surface area contributed by atoms with Crippen LogP contribution in [0.3, 0.4) is 0 Å². The van der Waals surface area contributed by atoms with Crippen LogP contribution < -0.4 is 5.32 Å². The van der Waals surface area contributed by atoms with Gasteiger partial charge in [-0.05, 0) is 37.1 Å². The van der Waals surface area contributed by atoms with E-state index in [0.717, 1.165) is 12.1 Å². The van der Waals surface area contributed by atoms with Crippen molar-refractivity contribution in [1.82, 2.24) is 9.62 Å². The molecule has 1 heterocycles. The fourth-order valence-corrected chi connectivity index (χ4v) is 4.16. The number of piperidine rings is 1. The molecule has 1 aliphatic heterocycles. The van der Waals surface area contributed by atoms with E-state index in [1.165, 1.54) is 23.5 Å². The molecule has 1 amide bonds. The van der Waals surface area contributed by atoms with Gasteiger partial charge >= 0.3 is 5.97 Å². The zero-order valence-corrected chi connectivity index (χ0v) is 15.8. The average molecular weight is 402 g/mol. The van der Waals surface area contributed by atoms with E-state index < -0.39 is 33.6 Å². The fourth-order valence-electron chi connectivity index (χ4n) is 2.69. The highest BCUT2D eigenvalue weighted by Gasteiger charge is 2.33. The van der Waals surface area contributed by atoms with Gasteiger partial charge < -0.3 is 14.8 Å². The van der Waals surface area contributed by atoms with Crippen LogP contribution in [0.1, 0.15) is 12.8 Å². The number of amides is 1. The molecule has 8 nitrogen and oxygen atoms in total. The lowest BCUT2D eigenvalue weighted by Gasteiger charge is -2.30. The van der Waals surface area contributed by atoms with Crippen molar-refractivity contribution in [3.63, 3.8) is 0 Å². The molecule has 0 saturated carbocycles. The molecule has 0 radical (unpaired) electrons. The van der Waals surface area contributed by atoms with Crippen LogP contribution in [0, 0.1) is 11.7 Å². The summed E-state index contributed by atoms with van der Waals surface area (Å²) in [6.45, 7) is 0.614. The molecule has 1 aliphatic rings. The number of rotatable bonds is 8. The zero-order chi connectivity index (χ0) is 19.9. The van der Waals surface area contributed by atoms with Gasteiger partial charge in [0.15, 0.2) is 6.61 Å². The molecule has 1 fully saturated rings. The second kappa shape index (κ2) is 9.77. The molecule has 0 aromatic heterocycles. The standard InChI is InChI=1S/C17H23FN2O6S/c1-25-11-8-19-16(21)12-26-17(22)13-6-9-20(10-7-13)27(23,24)15-4-2-14(18)3-5-15/h2-5,13H,6-12H2,1H3,(H,19,21). The molecule has 0 aliphatic carbocycles. The number of hydrogen-bond donors (Lipinski definition) is 1. The summed E-state index contributed by atoms with van der Waals surface area (Å²) in [5, 5.41) is 2.54. The number of sulfonamides is 1. The first-order valence-electron chi connectivity index (χ1n) is 8.52. The van der Waals surface area contributed by atoms with Gasteiger partial charge in [-0.3, -0.25) is 9.59 Å². The number of nitrogens with one attached hydrogen (secondary N) is 1. The minimum atomic E-state index is -3.73. The van der Waals surface area contributed by atoms with E-state index >= 15 is 0 Å². The fraction of sp³-hybridized carbons (Fsp3) is 0.529. The highest BCUT2D eigenvalue weighted by atomic mass is 32.2. The smallest absolute Gasteiger partial charge is 0.309 e. The van der Waals surface area contributed by atoms with Gasteiger partial charge in [0.05, 0.1) is 17.4 Å². The number of nitrogens with zero attached hydrogens (tertiary/aromatic N) is 1. The van der Waals surface area contributed by atoms with Gasteiger partial charge in [0.2, 0.25) is 10.0 Å². The predicted molar refractivity (Wildman–Crippen MR) is 93.7 cm³/mol. The number of carbonyl (C=O) groups excluding carboxylic acids is 2. The Morgan fingerprint density at radius 1 is 1.22 bits per heavy atom. The van der Waals surface area contributed by atoms with E-state index in [2.05, 4.69) is 5.32 Å². The Balaban J connectivity index is 1.81. The van der Waals surface area contributed by atoms with E-state index in [-0.39, 0.29) is 24.6 Å². The lowest BCUT2D eigenvalue weighted by molar-refractivity contribution is -0.153. The first kappa shape index (κ1) is 21.3. The number of esters is 1. The summed E-state index contributed by atoms with van der Waals surface area (Å²) in [7, 11) is -2.22. The molecule has 1 saturated heterocycles. The summed E-state index contributed by atoms with van der Waals surface area (Å²) in [6.07, 6.45) is 0.592. The van der Waals surface area contributed by atoms with Crippen molar-refractivity contribution in [3.05, 3.63) is 30.1 Å².